The van der Waals surface area contributed by atoms with Crippen LogP contribution in [0.2, 0.25) is 0 Å². The Morgan fingerprint density at radius 2 is 2.00 bits per heavy atom. The van der Waals surface area contributed by atoms with Crippen molar-refractivity contribution in [2.24, 2.45) is 5.73 Å². The Bertz CT molecular complexity index is 428. The van der Waals surface area contributed by atoms with Gasteiger partial charge >= 0.3 is 0 Å². The molecular formula is C12H13N3O. The van der Waals surface area contributed by atoms with Gasteiger partial charge in [0.15, 0.2) is 0 Å². The van der Waals surface area contributed by atoms with Gasteiger partial charge in [-0.15, -0.1) is 0 Å². The van der Waals surface area contributed by atoms with E-state index in [1.54, 1.807) is 12.4 Å². The van der Waals surface area contributed by atoms with Gasteiger partial charge in [-0.05, 0) is 24.3 Å². The molecule has 2 aromatic rings. The summed E-state index contributed by atoms with van der Waals surface area (Å²) in [6.45, 7) is 0.894. The largest absolute Gasteiger partial charge is 0.486 e. The normalized spacial score (nSPS) is 10.1. The Balaban J connectivity index is 1.94. The van der Waals surface area contributed by atoms with Gasteiger partial charge in [-0.3, -0.25) is 9.97 Å². The van der Waals surface area contributed by atoms with Crippen LogP contribution in [0.3, 0.4) is 0 Å². The minimum Gasteiger partial charge on any atom is -0.486 e. The minimum atomic E-state index is 0.445. The van der Waals surface area contributed by atoms with E-state index in [0.717, 1.165) is 17.1 Å². The first kappa shape index (κ1) is 10.6. The monoisotopic (exact) mass is 215 g/mol. The van der Waals surface area contributed by atoms with Gasteiger partial charge in [0.1, 0.15) is 12.4 Å². The number of nitrogens with two attached hydrogens (primary N) is 1. The summed E-state index contributed by atoms with van der Waals surface area (Å²) >= 11 is 0. The molecule has 2 rings (SSSR count). The molecule has 2 heterocycles. The van der Waals surface area contributed by atoms with Crippen LogP contribution in [0.15, 0.2) is 42.7 Å². The third kappa shape index (κ3) is 2.77. The van der Waals surface area contributed by atoms with Gasteiger partial charge in [0.05, 0.1) is 17.6 Å². The van der Waals surface area contributed by atoms with Crippen LogP contribution in [0.5, 0.6) is 5.75 Å². The van der Waals surface area contributed by atoms with Gasteiger partial charge in [-0.1, -0.05) is 6.07 Å². The third-order valence-electron chi connectivity index (χ3n) is 2.12. The topological polar surface area (TPSA) is 61.0 Å². The van der Waals surface area contributed by atoms with E-state index in [4.69, 9.17) is 10.5 Å². The molecule has 0 bridgehead atoms. The molecule has 16 heavy (non-hydrogen) atoms. The van der Waals surface area contributed by atoms with Crippen molar-refractivity contribution in [1.29, 1.82) is 0 Å². The lowest BCUT2D eigenvalue weighted by Gasteiger charge is -2.05. The van der Waals surface area contributed by atoms with E-state index < -0.39 is 0 Å². The predicted molar refractivity (Wildman–Crippen MR) is 60.7 cm³/mol. The molecule has 0 atom stereocenters. The fraction of sp³-hybridized carbons (Fsp3) is 0.167. The molecule has 0 saturated heterocycles. The van der Waals surface area contributed by atoms with Crippen LogP contribution in [-0.4, -0.2) is 9.97 Å². The predicted octanol–water partition coefficient (Wildman–Crippen LogP) is 1.51. The average Bonchev–Trinajstić information content (AvgIpc) is 2.38. The molecule has 82 valence electrons. The zero-order valence-corrected chi connectivity index (χ0v) is 8.84. The Labute approximate surface area is 94.1 Å². The second kappa shape index (κ2) is 5.23. The van der Waals surface area contributed by atoms with Crippen molar-refractivity contribution in [1.82, 2.24) is 9.97 Å². The van der Waals surface area contributed by atoms with Crippen molar-refractivity contribution in [2.75, 3.05) is 0 Å². The SMILES string of the molecule is NCc1ccc(OCc2ccccn2)cn1. The summed E-state index contributed by atoms with van der Waals surface area (Å²) < 4.78 is 5.53. The summed E-state index contributed by atoms with van der Waals surface area (Å²) in [5.41, 5.74) is 7.20. The fourth-order valence-corrected chi connectivity index (χ4v) is 1.26. The first-order valence-electron chi connectivity index (χ1n) is 5.06. The molecule has 2 N–H and O–H groups in total. The smallest absolute Gasteiger partial charge is 0.138 e. The zero-order valence-electron chi connectivity index (χ0n) is 8.84. The van der Waals surface area contributed by atoms with E-state index in [2.05, 4.69) is 9.97 Å². The quantitative estimate of drug-likeness (QED) is 0.839. The van der Waals surface area contributed by atoms with Gasteiger partial charge in [-0.25, -0.2) is 0 Å². The van der Waals surface area contributed by atoms with Gasteiger partial charge in [-0.2, -0.15) is 0 Å². The Morgan fingerprint density at radius 1 is 1.06 bits per heavy atom. The second-order valence-electron chi connectivity index (χ2n) is 3.30. The summed E-state index contributed by atoms with van der Waals surface area (Å²) in [7, 11) is 0. The number of nitrogens with zero attached hydrogens (tertiary/aromatic N) is 2. The Kier molecular flexibility index (Phi) is 3.46. The van der Waals surface area contributed by atoms with Crippen LogP contribution in [0.1, 0.15) is 11.4 Å². The van der Waals surface area contributed by atoms with Crippen LogP contribution in [-0.2, 0) is 13.2 Å². The summed E-state index contributed by atoms with van der Waals surface area (Å²) in [6.07, 6.45) is 3.42. The third-order valence-corrected chi connectivity index (χ3v) is 2.12. The molecule has 2 aromatic heterocycles. The van der Waals surface area contributed by atoms with Crippen LogP contribution in [0.25, 0.3) is 0 Å². The first-order chi connectivity index (χ1) is 7.88. The zero-order chi connectivity index (χ0) is 11.2. The number of hydrogen-bond acceptors (Lipinski definition) is 4. The average molecular weight is 215 g/mol. The molecule has 0 fully saturated rings. The molecule has 0 saturated carbocycles. The van der Waals surface area contributed by atoms with Gasteiger partial charge < -0.3 is 10.5 Å². The van der Waals surface area contributed by atoms with Gasteiger partial charge in [0.2, 0.25) is 0 Å². The van der Waals surface area contributed by atoms with Crippen LogP contribution in [0, 0.1) is 0 Å². The van der Waals surface area contributed by atoms with Crippen molar-refractivity contribution < 1.29 is 4.74 Å². The molecule has 0 aliphatic carbocycles. The highest BCUT2D eigenvalue weighted by Gasteiger charge is 1.97. The van der Waals surface area contributed by atoms with Crippen molar-refractivity contribution in [3.63, 3.8) is 0 Å². The number of rotatable bonds is 4. The van der Waals surface area contributed by atoms with Crippen LogP contribution in [0.4, 0.5) is 0 Å². The van der Waals surface area contributed by atoms with E-state index in [1.165, 1.54) is 0 Å². The van der Waals surface area contributed by atoms with Gasteiger partial charge in [0.25, 0.3) is 0 Å². The summed E-state index contributed by atoms with van der Waals surface area (Å²) in [6, 6.07) is 9.44. The highest BCUT2D eigenvalue weighted by molar-refractivity contribution is 5.20. The van der Waals surface area contributed by atoms with E-state index in [1.807, 2.05) is 30.3 Å². The van der Waals surface area contributed by atoms with Crippen LogP contribution < -0.4 is 10.5 Å². The van der Waals surface area contributed by atoms with Crippen molar-refractivity contribution in [2.45, 2.75) is 13.2 Å². The number of ether oxygens (including phenoxy) is 1. The molecule has 0 aliphatic heterocycles. The molecule has 0 aromatic carbocycles. The molecular weight excluding hydrogens is 202 g/mol. The minimum absolute atomic E-state index is 0.445. The lowest BCUT2D eigenvalue weighted by molar-refractivity contribution is 0.300. The first-order valence-corrected chi connectivity index (χ1v) is 5.06. The van der Waals surface area contributed by atoms with Crippen LogP contribution >= 0.6 is 0 Å². The lowest BCUT2D eigenvalue weighted by Crippen LogP contribution is -2.01. The van der Waals surface area contributed by atoms with Crippen molar-refractivity contribution in [3.05, 3.63) is 54.1 Å². The summed E-state index contributed by atoms with van der Waals surface area (Å²) in [5.74, 6) is 0.725. The molecule has 0 unspecified atom stereocenters. The van der Waals surface area contributed by atoms with Crippen molar-refractivity contribution >= 4 is 0 Å². The molecule has 0 radical (unpaired) electrons. The van der Waals surface area contributed by atoms with Crippen molar-refractivity contribution in [3.8, 4) is 5.75 Å². The van der Waals surface area contributed by atoms with E-state index in [-0.39, 0.29) is 0 Å². The highest BCUT2D eigenvalue weighted by Crippen LogP contribution is 2.10. The number of hydrogen-bond donors (Lipinski definition) is 1. The standard InChI is InChI=1S/C12H13N3O/c13-7-10-4-5-12(8-15-10)16-9-11-3-1-2-6-14-11/h1-6,8H,7,9,13H2. The molecule has 0 aliphatic rings. The highest BCUT2D eigenvalue weighted by atomic mass is 16.5. The number of pyridine rings is 2. The maximum Gasteiger partial charge on any atom is 0.138 e. The fourth-order valence-electron chi connectivity index (χ4n) is 1.26. The molecule has 4 nitrogen and oxygen atoms in total. The maximum absolute atomic E-state index is 5.53. The van der Waals surface area contributed by atoms with E-state index in [0.29, 0.717) is 13.2 Å². The lowest BCUT2D eigenvalue weighted by atomic mass is 10.3. The number of aromatic nitrogens is 2. The summed E-state index contributed by atoms with van der Waals surface area (Å²) in [4.78, 5) is 8.30. The van der Waals surface area contributed by atoms with Gasteiger partial charge in [0, 0.05) is 12.7 Å². The Morgan fingerprint density at radius 3 is 2.62 bits per heavy atom. The Hall–Kier alpha value is -1.94. The maximum atomic E-state index is 5.53. The molecule has 0 amide bonds. The van der Waals surface area contributed by atoms with E-state index in [9.17, 15) is 0 Å². The molecule has 0 spiro atoms. The second-order valence-corrected chi connectivity index (χ2v) is 3.30. The molecule has 4 heteroatoms. The summed E-state index contributed by atoms with van der Waals surface area (Å²) in [5, 5.41) is 0. The van der Waals surface area contributed by atoms with E-state index >= 15 is 0 Å².